The molecule has 8 heteroatoms. The summed E-state index contributed by atoms with van der Waals surface area (Å²) in [6.07, 6.45) is -4.65. The van der Waals surface area contributed by atoms with E-state index in [-0.39, 0.29) is 22.9 Å². The van der Waals surface area contributed by atoms with Crippen LogP contribution in [0.3, 0.4) is 0 Å². The van der Waals surface area contributed by atoms with Gasteiger partial charge in [-0.2, -0.15) is 13.2 Å². The maximum Gasteiger partial charge on any atom is 0.418 e. The summed E-state index contributed by atoms with van der Waals surface area (Å²) in [6.45, 7) is 2.45. The molecule has 0 fully saturated rings. The molecule has 0 atom stereocenters. The van der Waals surface area contributed by atoms with Gasteiger partial charge in [-0.05, 0) is 43.3 Å². The van der Waals surface area contributed by atoms with Crippen LogP contribution in [0.4, 0.5) is 18.9 Å². The Hall–Kier alpha value is -2.25. The van der Waals surface area contributed by atoms with Crippen molar-refractivity contribution in [2.75, 3.05) is 19.0 Å². The van der Waals surface area contributed by atoms with Crippen LogP contribution in [0.5, 0.6) is 5.75 Å². The molecule has 0 spiro atoms. The molecule has 26 heavy (non-hydrogen) atoms. The van der Waals surface area contributed by atoms with Gasteiger partial charge in [0.1, 0.15) is 5.75 Å². The summed E-state index contributed by atoms with van der Waals surface area (Å²) in [4.78, 5) is 12.4. The van der Waals surface area contributed by atoms with Gasteiger partial charge in [0.2, 0.25) is 0 Å². The number of carbonyl (C=O) groups is 1. The normalized spacial score (nSPS) is 11.3. The molecule has 0 aliphatic rings. The van der Waals surface area contributed by atoms with Gasteiger partial charge >= 0.3 is 6.18 Å². The summed E-state index contributed by atoms with van der Waals surface area (Å²) in [5.74, 6) is -0.133. The summed E-state index contributed by atoms with van der Waals surface area (Å²) < 4.78 is 49.9. The number of alkyl halides is 3. The fourth-order valence-electron chi connectivity index (χ4n) is 2.34. The molecular formula is C18H17ClF3NO3. The average Bonchev–Trinajstić information content (AvgIpc) is 2.57. The highest BCUT2D eigenvalue weighted by Gasteiger charge is 2.34. The molecule has 0 aliphatic heterocycles. The van der Waals surface area contributed by atoms with Crippen LogP contribution in [0.2, 0.25) is 5.02 Å². The summed E-state index contributed by atoms with van der Waals surface area (Å²) in [5, 5.41) is 2.21. The highest BCUT2D eigenvalue weighted by molar-refractivity contribution is 6.30. The first-order valence-electron chi connectivity index (χ1n) is 7.69. The van der Waals surface area contributed by atoms with E-state index in [0.717, 1.165) is 12.1 Å². The minimum absolute atomic E-state index is 0.0706. The third-order valence-corrected chi connectivity index (χ3v) is 3.69. The maximum atomic E-state index is 13.1. The SMILES string of the molecule is CCOc1ccc(C(=O)Nc2ccc(Cl)cc2C(F)(F)F)cc1COC. The number of carbonyl (C=O) groups excluding carboxylic acids is 1. The molecule has 0 radical (unpaired) electrons. The quantitative estimate of drug-likeness (QED) is 0.745. The van der Waals surface area contributed by atoms with Gasteiger partial charge in [-0.1, -0.05) is 11.6 Å². The third-order valence-electron chi connectivity index (χ3n) is 3.46. The summed E-state index contributed by atoms with van der Waals surface area (Å²) in [5.41, 5.74) is -0.576. The average molecular weight is 388 g/mol. The second-order valence-electron chi connectivity index (χ2n) is 5.33. The van der Waals surface area contributed by atoms with Gasteiger partial charge in [-0.3, -0.25) is 4.79 Å². The number of amides is 1. The van der Waals surface area contributed by atoms with Crippen LogP contribution in [0.15, 0.2) is 36.4 Å². The van der Waals surface area contributed by atoms with E-state index in [1.54, 1.807) is 6.07 Å². The first-order valence-corrected chi connectivity index (χ1v) is 8.06. The Morgan fingerprint density at radius 3 is 2.54 bits per heavy atom. The molecule has 1 N–H and O–H groups in total. The van der Waals surface area contributed by atoms with E-state index < -0.39 is 17.6 Å². The molecular weight excluding hydrogens is 371 g/mol. The van der Waals surface area contributed by atoms with Gasteiger partial charge in [-0.15, -0.1) is 0 Å². The predicted octanol–water partition coefficient (Wildman–Crippen LogP) is 5.16. The monoisotopic (exact) mass is 387 g/mol. The zero-order chi connectivity index (χ0) is 19.3. The molecule has 0 saturated carbocycles. The minimum atomic E-state index is -4.65. The van der Waals surface area contributed by atoms with Gasteiger partial charge in [-0.25, -0.2) is 0 Å². The van der Waals surface area contributed by atoms with E-state index in [4.69, 9.17) is 21.1 Å². The smallest absolute Gasteiger partial charge is 0.418 e. The number of rotatable bonds is 6. The largest absolute Gasteiger partial charge is 0.494 e. The van der Waals surface area contributed by atoms with Crippen molar-refractivity contribution < 1.29 is 27.4 Å². The summed E-state index contributed by atoms with van der Waals surface area (Å²) >= 11 is 5.64. The van der Waals surface area contributed by atoms with Gasteiger partial charge in [0.05, 0.1) is 24.5 Å². The van der Waals surface area contributed by atoms with Crippen LogP contribution in [-0.4, -0.2) is 19.6 Å². The highest BCUT2D eigenvalue weighted by atomic mass is 35.5. The van der Waals surface area contributed by atoms with Crippen LogP contribution in [0.25, 0.3) is 0 Å². The summed E-state index contributed by atoms with van der Waals surface area (Å²) in [6, 6.07) is 7.75. The zero-order valence-corrected chi connectivity index (χ0v) is 14.9. The minimum Gasteiger partial charge on any atom is -0.494 e. The van der Waals surface area contributed by atoms with E-state index in [1.807, 2.05) is 6.92 Å². The molecule has 2 rings (SSSR count). The first kappa shape index (κ1) is 20.1. The Balaban J connectivity index is 2.32. The lowest BCUT2D eigenvalue weighted by molar-refractivity contribution is -0.136. The molecule has 2 aromatic carbocycles. The molecule has 0 aliphatic carbocycles. The molecule has 0 bridgehead atoms. The lowest BCUT2D eigenvalue weighted by Crippen LogP contribution is -2.17. The van der Waals surface area contributed by atoms with Crippen LogP contribution in [0, 0.1) is 0 Å². The van der Waals surface area contributed by atoms with Gasteiger partial charge < -0.3 is 14.8 Å². The van der Waals surface area contributed by atoms with Crippen molar-refractivity contribution in [2.24, 2.45) is 0 Å². The van der Waals surface area contributed by atoms with Gasteiger partial charge in [0.15, 0.2) is 0 Å². The third kappa shape index (κ3) is 4.89. The Kier molecular flexibility index (Phi) is 6.50. The van der Waals surface area contributed by atoms with Crippen molar-refractivity contribution in [3.63, 3.8) is 0 Å². The highest BCUT2D eigenvalue weighted by Crippen LogP contribution is 2.36. The number of ether oxygens (including phenoxy) is 2. The molecule has 4 nitrogen and oxygen atoms in total. The van der Waals surface area contributed by atoms with Gasteiger partial charge in [0.25, 0.3) is 5.91 Å². The van der Waals surface area contributed by atoms with Crippen LogP contribution < -0.4 is 10.1 Å². The number of methoxy groups -OCH3 is 1. The van der Waals surface area contributed by atoms with E-state index in [1.165, 1.54) is 25.3 Å². The van der Waals surface area contributed by atoms with Gasteiger partial charge in [0, 0.05) is 23.3 Å². The zero-order valence-electron chi connectivity index (χ0n) is 14.1. The van der Waals surface area contributed by atoms with E-state index in [2.05, 4.69) is 5.32 Å². The second kappa shape index (κ2) is 8.42. The molecule has 0 unspecified atom stereocenters. The van der Waals surface area contributed by atoms with Crippen molar-refractivity contribution in [1.82, 2.24) is 0 Å². The Labute approximate surface area is 153 Å². The molecule has 140 valence electrons. The molecule has 0 aromatic heterocycles. The molecule has 0 heterocycles. The van der Waals surface area contributed by atoms with E-state index in [0.29, 0.717) is 17.9 Å². The Morgan fingerprint density at radius 2 is 1.92 bits per heavy atom. The van der Waals surface area contributed by atoms with Crippen molar-refractivity contribution >= 4 is 23.2 Å². The number of hydrogen-bond donors (Lipinski definition) is 1. The number of benzene rings is 2. The van der Waals surface area contributed by atoms with Crippen molar-refractivity contribution in [2.45, 2.75) is 19.7 Å². The molecule has 1 amide bonds. The summed E-state index contributed by atoms with van der Waals surface area (Å²) in [7, 11) is 1.49. The second-order valence-corrected chi connectivity index (χ2v) is 5.77. The van der Waals surface area contributed by atoms with E-state index in [9.17, 15) is 18.0 Å². The van der Waals surface area contributed by atoms with Crippen molar-refractivity contribution in [1.29, 1.82) is 0 Å². The predicted molar refractivity (Wildman–Crippen MR) is 92.7 cm³/mol. The molecule has 2 aromatic rings. The lowest BCUT2D eigenvalue weighted by atomic mass is 10.1. The van der Waals surface area contributed by atoms with Crippen LogP contribution in [-0.2, 0) is 17.5 Å². The fraction of sp³-hybridized carbons (Fsp3) is 0.278. The van der Waals surface area contributed by atoms with Crippen molar-refractivity contribution in [3.8, 4) is 5.75 Å². The number of hydrogen-bond acceptors (Lipinski definition) is 3. The topological polar surface area (TPSA) is 47.6 Å². The van der Waals surface area contributed by atoms with E-state index >= 15 is 0 Å². The Morgan fingerprint density at radius 1 is 1.19 bits per heavy atom. The van der Waals surface area contributed by atoms with Crippen molar-refractivity contribution in [3.05, 3.63) is 58.1 Å². The van der Waals surface area contributed by atoms with Crippen LogP contribution >= 0.6 is 11.6 Å². The molecule has 0 saturated heterocycles. The standard InChI is InChI=1S/C18H17ClF3NO3/c1-3-26-16-7-4-11(8-12(16)10-25-2)17(24)23-15-6-5-13(19)9-14(15)18(20,21)22/h4-9H,3,10H2,1-2H3,(H,23,24). The number of halogens is 4. The maximum absolute atomic E-state index is 13.1. The number of nitrogens with one attached hydrogen (secondary N) is 1. The fourth-order valence-corrected chi connectivity index (χ4v) is 2.51. The van der Waals surface area contributed by atoms with Crippen LogP contribution in [0.1, 0.15) is 28.4 Å². The Bertz CT molecular complexity index is 794. The lowest BCUT2D eigenvalue weighted by Gasteiger charge is -2.15. The first-order chi connectivity index (χ1) is 12.3. The number of anilines is 1.